The summed E-state index contributed by atoms with van der Waals surface area (Å²) in [6.07, 6.45) is 0. The second kappa shape index (κ2) is 5.97. The van der Waals surface area contributed by atoms with Crippen LogP contribution in [0.1, 0.15) is 26.3 Å². The topological polar surface area (TPSA) is 52.6 Å². The molecule has 0 fully saturated rings. The van der Waals surface area contributed by atoms with Crippen molar-refractivity contribution in [1.29, 1.82) is 0 Å². The summed E-state index contributed by atoms with van der Waals surface area (Å²) in [6, 6.07) is 11.3. The van der Waals surface area contributed by atoms with Gasteiger partial charge in [0.15, 0.2) is 0 Å². The molecule has 0 amide bonds. The van der Waals surface area contributed by atoms with Gasteiger partial charge >= 0.3 is 11.9 Å². The molecular weight excluding hydrogens is 263 g/mol. The van der Waals surface area contributed by atoms with Crippen LogP contribution in [0.5, 0.6) is 0 Å². The molecule has 0 spiro atoms. The van der Waals surface area contributed by atoms with Crippen molar-refractivity contribution >= 4 is 11.9 Å². The number of hydrogen-bond donors (Lipinski definition) is 0. The van der Waals surface area contributed by atoms with E-state index < -0.39 is 17.8 Å². The van der Waals surface area contributed by atoms with Crippen molar-refractivity contribution in [3.05, 3.63) is 71.0 Å². The Morgan fingerprint density at radius 2 is 1.20 bits per heavy atom. The van der Waals surface area contributed by atoms with Gasteiger partial charge in [-0.3, -0.25) is 0 Å². The molecule has 2 aromatic carbocycles. The molecule has 20 heavy (non-hydrogen) atoms. The average Bonchev–Trinajstić information content (AvgIpc) is 2.46. The van der Waals surface area contributed by atoms with Crippen LogP contribution in [0.4, 0.5) is 4.39 Å². The summed E-state index contributed by atoms with van der Waals surface area (Å²) >= 11 is 0. The van der Waals surface area contributed by atoms with Crippen LogP contribution in [0.3, 0.4) is 0 Å². The minimum absolute atomic E-state index is 0.0862. The zero-order valence-electron chi connectivity index (χ0n) is 10.6. The number of rotatable bonds is 2. The van der Waals surface area contributed by atoms with Gasteiger partial charge in [-0.2, -0.15) is 0 Å². The van der Waals surface area contributed by atoms with Gasteiger partial charge in [0, 0.05) is 0 Å². The molecule has 102 valence electrons. The van der Waals surface area contributed by atoms with E-state index in [1.165, 1.54) is 12.1 Å². The third-order valence-electron chi connectivity index (χ3n) is 2.56. The Kier molecular flexibility index (Phi) is 4.10. The summed E-state index contributed by atoms with van der Waals surface area (Å²) in [7, 11) is 0. The lowest BCUT2D eigenvalue weighted by molar-refractivity contribution is -0.187. The van der Waals surface area contributed by atoms with Crippen LogP contribution in [0, 0.1) is 12.7 Å². The number of carbonyl (C=O) groups is 2. The van der Waals surface area contributed by atoms with E-state index in [-0.39, 0.29) is 11.1 Å². The van der Waals surface area contributed by atoms with E-state index in [4.69, 9.17) is 0 Å². The number of aryl methyl sites for hydroxylation is 1. The van der Waals surface area contributed by atoms with E-state index in [1.54, 1.807) is 24.3 Å². The molecule has 0 aliphatic heterocycles. The number of halogens is 1. The van der Waals surface area contributed by atoms with E-state index in [1.807, 2.05) is 6.92 Å². The maximum absolute atomic E-state index is 12.7. The first-order valence-corrected chi connectivity index (χ1v) is 5.81. The fraction of sp³-hybridized carbons (Fsp3) is 0.0667. The standard InChI is InChI=1S/C15H11FO4/c1-10-2-4-11(5-3-10)14(17)19-20-15(18)12-6-8-13(16)9-7-12/h2-9H,1H3. The second-order valence-corrected chi connectivity index (χ2v) is 4.11. The first-order valence-electron chi connectivity index (χ1n) is 5.81. The van der Waals surface area contributed by atoms with Crippen LogP contribution in [0.25, 0.3) is 0 Å². The molecule has 4 nitrogen and oxygen atoms in total. The van der Waals surface area contributed by atoms with Crippen LogP contribution in [0.15, 0.2) is 48.5 Å². The first kappa shape index (κ1) is 13.7. The molecule has 0 aromatic heterocycles. The predicted molar refractivity (Wildman–Crippen MR) is 68.4 cm³/mol. The molecule has 0 saturated carbocycles. The molecule has 0 atom stereocenters. The Bertz CT molecular complexity index is 560. The van der Waals surface area contributed by atoms with Crippen LogP contribution in [-0.4, -0.2) is 11.9 Å². The minimum atomic E-state index is -0.870. The highest BCUT2D eigenvalue weighted by atomic mass is 19.1. The third kappa shape index (κ3) is 3.41. The number of benzene rings is 2. The molecule has 5 heteroatoms. The molecule has 0 aliphatic rings. The van der Waals surface area contributed by atoms with Gasteiger partial charge in [0.1, 0.15) is 5.82 Å². The maximum Gasteiger partial charge on any atom is 0.386 e. The van der Waals surface area contributed by atoms with Gasteiger partial charge < -0.3 is 0 Å². The van der Waals surface area contributed by atoms with Crippen molar-refractivity contribution < 1.29 is 23.8 Å². The van der Waals surface area contributed by atoms with Gasteiger partial charge in [0.05, 0.1) is 11.1 Å². The van der Waals surface area contributed by atoms with Crippen molar-refractivity contribution in [3.8, 4) is 0 Å². The normalized spacial score (nSPS) is 9.90. The largest absolute Gasteiger partial charge is 0.386 e. The lowest BCUT2D eigenvalue weighted by Gasteiger charge is -2.03. The van der Waals surface area contributed by atoms with Gasteiger partial charge in [-0.25, -0.2) is 23.8 Å². The molecule has 0 N–H and O–H groups in total. The fourth-order valence-corrected chi connectivity index (χ4v) is 1.45. The summed E-state index contributed by atoms with van der Waals surface area (Å²) < 4.78 is 12.7. The summed E-state index contributed by atoms with van der Waals surface area (Å²) in [4.78, 5) is 31.9. The Morgan fingerprint density at radius 3 is 1.65 bits per heavy atom. The molecule has 0 aliphatic carbocycles. The van der Waals surface area contributed by atoms with Crippen LogP contribution >= 0.6 is 0 Å². The number of carbonyl (C=O) groups excluding carboxylic acids is 2. The lowest BCUT2D eigenvalue weighted by atomic mass is 10.2. The van der Waals surface area contributed by atoms with Crippen molar-refractivity contribution in [1.82, 2.24) is 0 Å². The second-order valence-electron chi connectivity index (χ2n) is 4.11. The Hall–Kier alpha value is -2.69. The molecule has 2 rings (SSSR count). The van der Waals surface area contributed by atoms with Gasteiger partial charge in [0.2, 0.25) is 0 Å². The van der Waals surface area contributed by atoms with Crippen molar-refractivity contribution in [2.45, 2.75) is 6.92 Å². The van der Waals surface area contributed by atoms with E-state index in [0.717, 1.165) is 17.7 Å². The van der Waals surface area contributed by atoms with Gasteiger partial charge in [-0.1, -0.05) is 17.7 Å². The number of hydrogen-bond acceptors (Lipinski definition) is 4. The smallest absolute Gasteiger partial charge is 0.242 e. The van der Waals surface area contributed by atoms with Crippen LogP contribution in [0.2, 0.25) is 0 Å². The van der Waals surface area contributed by atoms with E-state index >= 15 is 0 Å². The third-order valence-corrected chi connectivity index (χ3v) is 2.56. The van der Waals surface area contributed by atoms with Gasteiger partial charge in [0.25, 0.3) is 0 Å². The Morgan fingerprint density at radius 1 is 0.800 bits per heavy atom. The zero-order valence-corrected chi connectivity index (χ0v) is 10.6. The highest BCUT2D eigenvalue weighted by molar-refractivity contribution is 5.92. The minimum Gasteiger partial charge on any atom is -0.242 e. The summed E-state index contributed by atoms with van der Waals surface area (Å²) in [6.45, 7) is 1.88. The van der Waals surface area contributed by atoms with Gasteiger partial charge in [-0.05, 0) is 43.3 Å². The summed E-state index contributed by atoms with van der Waals surface area (Å²) in [5, 5.41) is 0. The highest BCUT2D eigenvalue weighted by Gasteiger charge is 2.13. The van der Waals surface area contributed by atoms with E-state index in [9.17, 15) is 14.0 Å². The van der Waals surface area contributed by atoms with E-state index in [0.29, 0.717) is 0 Å². The predicted octanol–water partition coefficient (Wildman–Crippen LogP) is 3.06. The van der Waals surface area contributed by atoms with Crippen LogP contribution < -0.4 is 0 Å². The van der Waals surface area contributed by atoms with Crippen molar-refractivity contribution in [3.63, 3.8) is 0 Å². The monoisotopic (exact) mass is 274 g/mol. The molecule has 0 bridgehead atoms. The fourth-order valence-electron chi connectivity index (χ4n) is 1.45. The van der Waals surface area contributed by atoms with Gasteiger partial charge in [-0.15, -0.1) is 0 Å². The quantitative estimate of drug-likeness (QED) is 0.624. The summed E-state index contributed by atoms with van der Waals surface area (Å²) in [5.74, 6) is -2.12. The molecule has 0 radical (unpaired) electrons. The highest BCUT2D eigenvalue weighted by Crippen LogP contribution is 2.08. The van der Waals surface area contributed by atoms with Crippen LogP contribution in [-0.2, 0) is 9.78 Å². The van der Waals surface area contributed by atoms with Crippen molar-refractivity contribution in [2.24, 2.45) is 0 Å². The molecular formula is C15H11FO4. The average molecular weight is 274 g/mol. The SMILES string of the molecule is Cc1ccc(C(=O)OOC(=O)c2ccc(F)cc2)cc1. The first-order chi connectivity index (χ1) is 9.56. The van der Waals surface area contributed by atoms with E-state index in [2.05, 4.69) is 9.78 Å². The Labute approximate surface area is 114 Å². The molecule has 0 heterocycles. The molecule has 0 unspecified atom stereocenters. The molecule has 0 saturated heterocycles. The van der Waals surface area contributed by atoms with Crippen molar-refractivity contribution in [2.75, 3.05) is 0 Å². The summed E-state index contributed by atoms with van der Waals surface area (Å²) in [5.41, 5.74) is 1.34. The zero-order chi connectivity index (χ0) is 14.5. The Balaban J connectivity index is 1.94. The lowest BCUT2D eigenvalue weighted by Crippen LogP contribution is -2.11. The molecule has 2 aromatic rings. The maximum atomic E-state index is 12.7.